The fourth-order valence-electron chi connectivity index (χ4n) is 1.14. The molecular weight excluding hydrogens is 288 g/mol. The Labute approximate surface area is 108 Å². The van der Waals surface area contributed by atoms with E-state index in [0.29, 0.717) is 10.0 Å². The van der Waals surface area contributed by atoms with Gasteiger partial charge in [-0.2, -0.15) is 0 Å². The van der Waals surface area contributed by atoms with E-state index in [1.54, 1.807) is 19.1 Å². The number of aliphatic hydroxyl groups excluding tert-OH is 1. The van der Waals surface area contributed by atoms with Gasteiger partial charge in [-0.25, -0.2) is 0 Å². The SMILES string of the molecule is CC(O)C(N)CNC(=O)c1ccc(Br)c(O)c1. The van der Waals surface area contributed by atoms with Gasteiger partial charge in [0, 0.05) is 18.2 Å². The van der Waals surface area contributed by atoms with Crippen LogP contribution in [0.4, 0.5) is 0 Å². The van der Waals surface area contributed by atoms with E-state index in [-0.39, 0.29) is 18.2 Å². The number of halogens is 1. The first-order valence-electron chi connectivity index (χ1n) is 5.12. The monoisotopic (exact) mass is 302 g/mol. The average Bonchev–Trinajstić information content (AvgIpc) is 2.28. The van der Waals surface area contributed by atoms with Crippen LogP contribution in [0.3, 0.4) is 0 Å². The zero-order chi connectivity index (χ0) is 13.0. The van der Waals surface area contributed by atoms with Gasteiger partial charge in [-0.1, -0.05) is 0 Å². The van der Waals surface area contributed by atoms with Gasteiger partial charge in [0.2, 0.25) is 0 Å². The lowest BCUT2D eigenvalue weighted by atomic mass is 10.1. The molecule has 0 radical (unpaired) electrons. The highest BCUT2D eigenvalue weighted by molar-refractivity contribution is 9.10. The molecule has 6 heteroatoms. The third-order valence-corrected chi connectivity index (χ3v) is 3.00. The fourth-order valence-corrected chi connectivity index (χ4v) is 1.38. The number of benzene rings is 1. The summed E-state index contributed by atoms with van der Waals surface area (Å²) in [7, 11) is 0. The molecule has 17 heavy (non-hydrogen) atoms. The lowest BCUT2D eigenvalue weighted by Gasteiger charge is -2.15. The predicted molar refractivity (Wildman–Crippen MR) is 67.8 cm³/mol. The van der Waals surface area contributed by atoms with Gasteiger partial charge in [0.15, 0.2) is 0 Å². The molecular formula is C11H15BrN2O3. The summed E-state index contributed by atoms with van der Waals surface area (Å²) in [5, 5.41) is 21.2. The third kappa shape index (κ3) is 3.99. The Kier molecular flexibility index (Phi) is 4.92. The first-order chi connectivity index (χ1) is 7.91. The van der Waals surface area contributed by atoms with Gasteiger partial charge < -0.3 is 21.3 Å². The molecule has 0 bridgehead atoms. The smallest absolute Gasteiger partial charge is 0.251 e. The summed E-state index contributed by atoms with van der Waals surface area (Å²) < 4.78 is 0.523. The van der Waals surface area contributed by atoms with Crippen molar-refractivity contribution in [1.29, 1.82) is 0 Å². The van der Waals surface area contributed by atoms with Gasteiger partial charge in [-0.15, -0.1) is 0 Å². The van der Waals surface area contributed by atoms with Crippen molar-refractivity contribution in [3.8, 4) is 5.75 Å². The minimum absolute atomic E-state index is 0.00234. The van der Waals surface area contributed by atoms with E-state index in [2.05, 4.69) is 21.2 Å². The second-order valence-corrected chi connectivity index (χ2v) is 4.64. The van der Waals surface area contributed by atoms with Crippen molar-refractivity contribution < 1.29 is 15.0 Å². The first-order valence-corrected chi connectivity index (χ1v) is 5.91. The van der Waals surface area contributed by atoms with Crippen molar-refractivity contribution in [3.05, 3.63) is 28.2 Å². The summed E-state index contributed by atoms with van der Waals surface area (Å²) in [6, 6.07) is 4.00. The van der Waals surface area contributed by atoms with Crippen LogP contribution < -0.4 is 11.1 Å². The Morgan fingerprint density at radius 2 is 2.24 bits per heavy atom. The number of nitrogens with two attached hydrogens (primary N) is 1. The standard InChI is InChI=1S/C11H15BrN2O3/c1-6(15)9(13)5-14-11(17)7-2-3-8(12)10(16)4-7/h2-4,6,9,15-16H,5,13H2,1H3,(H,14,17). The molecule has 0 fully saturated rings. The Morgan fingerprint density at radius 1 is 1.59 bits per heavy atom. The van der Waals surface area contributed by atoms with Crippen molar-refractivity contribution in [2.75, 3.05) is 6.54 Å². The normalized spacial score (nSPS) is 14.1. The lowest BCUT2D eigenvalue weighted by molar-refractivity contribution is 0.0937. The molecule has 0 aliphatic heterocycles. The molecule has 5 N–H and O–H groups in total. The molecule has 0 aromatic heterocycles. The van der Waals surface area contributed by atoms with E-state index in [1.165, 1.54) is 6.07 Å². The predicted octanol–water partition coefficient (Wildman–Crippen LogP) is 0.593. The summed E-state index contributed by atoms with van der Waals surface area (Å²) in [5.41, 5.74) is 5.91. The maximum atomic E-state index is 11.7. The molecule has 1 rings (SSSR count). The maximum Gasteiger partial charge on any atom is 0.251 e. The number of phenolic OH excluding ortho intramolecular Hbond substituents is 1. The summed E-state index contributed by atoms with van der Waals surface area (Å²) in [6.45, 7) is 1.73. The zero-order valence-corrected chi connectivity index (χ0v) is 10.9. The maximum absolute atomic E-state index is 11.7. The van der Waals surface area contributed by atoms with Gasteiger partial charge in [0.1, 0.15) is 5.75 Å². The van der Waals surface area contributed by atoms with Crippen molar-refractivity contribution in [1.82, 2.24) is 5.32 Å². The number of aliphatic hydroxyl groups is 1. The summed E-state index contributed by atoms with van der Waals surface area (Å²) in [5.74, 6) is -0.346. The minimum atomic E-state index is -0.686. The lowest BCUT2D eigenvalue weighted by Crippen LogP contribution is -2.43. The minimum Gasteiger partial charge on any atom is -0.507 e. The summed E-state index contributed by atoms with van der Waals surface area (Å²) in [4.78, 5) is 11.7. The van der Waals surface area contributed by atoms with Crippen LogP contribution in [0.25, 0.3) is 0 Å². The molecule has 0 saturated heterocycles. The van der Waals surface area contributed by atoms with Gasteiger partial charge in [0.25, 0.3) is 5.91 Å². The third-order valence-electron chi connectivity index (χ3n) is 2.33. The highest BCUT2D eigenvalue weighted by atomic mass is 79.9. The zero-order valence-electron chi connectivity index (χ0n) is 9.35. The molecule has 0 spiro atoms. The molecule has 1 aromatic rings. The Balaban J connectivity index is 2.61. The van der Waals surface area contributed by atoms with Crippen LogP contribution in [0.1, 0.15) is 17.3 Å². The van der Waals surface area contributed by atoms with Gasteiger partial charge in [-0.05, 0) is 41.1 Å². The Morgan fingerprint density at radius 3 is 2.76 bits per heavy atom. The number of hydrogen-bond acceptors (Lipinski definition) is 4. The molecule has 94 valence electrons. The number of nitrogens with one attached hydrogen (secondary N) is 1. The average molecular weight is 303 g/mol. The van der Waals surface area contributed by atoms with Crippen LogP contribution in [0, 0.1) is 0 Å². The molecule has 0 heterocycles. The largest absolute Gasteiger partial charge is 0.507 e. The van der Waals surface area contributed by atoms with Crippen LogP contribution in [0.2, 0.25) is 0 Å². The van der Waals surface area contributed by atoms with Gasteiger partial charge >= 0.3 is 0 Å². The molecule has 1 amide bonds. The Bertz CT molecular complexity index is 410. The summed E-state index contributed by atoms with van der Waals surface area (Å²) in [6.07, 6.45) is -0.686. The van der Waals surface area contributed by atoms with Gasteiger partial charge in [0.05, 0.1) is 10.6 Å². The molecule has 0 aliphatic rings. The van der Waals surface area contributed by atoms with E-state index >= 15 is 0 Å². The van der Waals surface area contributed by atoms with Crippen molar-refractivity contribution in [2.45, 2.75) is 19.1 Å². The number of rotatable bonds is 4. The van der Waals surface area contributed by atoms with Crippen molar-refractivity contribution in [2.24, 2.45) is 5.73 Å². The second-order valence-electron chi connectivity index (χ2n) is 3.78. The number of carbonyl (C=O) groups excluding carboxylic acids is 1. The highest BCUT2D eigenvalue weighted by Gasteiger charge is 2.12. The number of carbonyl (C=O) groups is 1. The van der Waals surface area contributed by atoms with Crippen LogP contribution in [0.5, 0.6) is 5.75 Å². The van der Waals surface area contributed by atoms with E-state index in [1.807, 2.05) is 0 Å². The van der Waals surface area contributed by atoms with Crippen LogP contribution >= 0.6 is 15.9 Å². The topological polar surface area (TPSA) is 95.6 Å². The molecule has 1 aromatic carbocycles. The van der Waals surface area contributed by atoms with E-state index in [9.17, 15) is 9.90 Å². The van der Waals surface area contributed by atoms with Crippen LogP contribution in [-0.4, -0.2) is 34.8 Å². The second kappa shape index (κ2) is 6.00. The van der Waals surface area contributed by atoms with E-state index < -0.39 is 12.1 Å². The fraction of sp³-hybridized carbons (Fsp3) is 0.364. The number of aromatic hydroxyl groups is 1. The van der Waals surface area contributed by atoms with Crippen LogP contribution in [-0.2, 0) is 0 Å². The molecule has 0 aliphatic carbocycles. The number of hydrogen-bond donors (Lipinski definition) is 4. The van der Waals surface area contributed by atoms with E-state index in [4.69, 9.17) is 10.8 Å². The van der Waals surface area contributed by atoms with Crippen molar-refractivity contribution in [3.63, 3.8) is 0 Å². The number of phenols is 1. The van der Waals surface area contributed by atoms with Gasteiger partial charge in [-0.3, -0.25) is 4.79 Å². The quantitative estimate of drug-likeness (QED) is 0.655. The van der Waals surface area contributed by atoms with Crippen LogP contribution in [0.15, 0.2) is 22.7 Å². The van der Waals surface area contributed by atoms with Crippen molar-refractivity contribution >= 4 is 21.8 Å². The molecule has 0 saturated carbocycles. The molecule has 5 nitrogen and oxygen atoms in total. The van der Waals surface area contributed by atoms with E-state index in [0.717, 1.165) is 0 Å². The summed E-state index contributed by atoms with van der Waals surface area (Å²) >= 11 is 3.12. The molecule has 2 unspecified atom stereocenters. The number of amides is 1. The highest BCUT2D eigenvalue weighted by Crippen LogP contribution is 2.24. The Hall–Kier alpha value is -1.11. The first kappa shape index (κ1) is 14.0. The molecule has 2 atom stereocenters.